The van der Waals surface area contributed by atoms with Gasteiger partial charge >= 0.3 is 6.09 Å². The molecule has 0 fully saturated rings. The van der Waals surface area contributed by atoms with Gasteiger partial charge in [-0.3, -0.25) is 5.32 Å². The van der Waals surface area contributed by atoms with Crippen molar-refractivity contribution in [3.63, 3.8) is 0 Å². The predicted octanol–water partition coefficient (Wildman–Crippen LogP) is 3.69. The van der Waals surface area contributed by atoms with E-state index in [-0.39, 0.29) is 11.9 Å². The fourth-order valence-electron chi connectivity index (χ4n) is 2.71. The molecule has 0 aliphatic carbocycles. The minimum atomic E-state index is -0.533. The van der Waals surface area contributed by atoms with Crippen molar-refractivity contribution in [2.75, 3.05) is 23.0 Å². The first-order valence-corrected chi connectivity index (χ1v) is 7.45. The number of hydrogen-bond acceptors (Lipinski definition) is 4. The van der Waals surface area contributed by atoms with E-state index in [1.165, 1.54) is 12.1 Å². The average molecular weight is 315 g/mol. The van der Waals surface area contributed by atoms with Crippen molar-refractivity contribution in [3.8, 4) is 0 Å². The van der Waals surface area contributed by atoms with Crippen LogP contribution in [0.1, 0.15) is 24.1 Å². The minimum Gasteiger partial charge on any atom is -0.450 e. The third-order valence-electron chi connectivity index (χ3n) is 3.82. The number of anilines is 3. The van der Waals surface area contributed by atoms with E-state index < -0.39 is 6.09 Å². The van der Waals surface area contributed by atoms with Gasteiger partial charge in [0.2, 0.25) is 0 Å². The highest BCUT2D eigenvalue weighted by Gasteiger charge is 2.23. The van der Waals surface area contributed by atoms with Gasteiger partial charge in [0.05, 0.1) is 24.0 Å². The molecule has 1 unspecified atom stereocenters. The second-order valence-electron chi connectivity index (χ2n) is 5.39. The zero-order valence-electron chi connectivity index (χ0n) is 12.7. The number of benzene rings is 2. The van der Waals surface area contributed by atoms with Crippen molar-refractivity contribution in [2.24, 2.45) is 0 Å². The Kier molecular flexibility index (Phi) is 4.06. The molecule has 120 valence electrons. The summed E-state index contributed by atoms with van der Waals surface area (Å²) in [6.07, 6.45) is 0.230. The maximum Gasteiger partial charge on any atom is 0.411 e. The van der Waals surface area contributed by atoms with Gasteiger partial charge in [-0.05, 0) is 48.7 Å². The lowest BCUT2D eigenvalue weighted by molar-refractivity contribution is 0.168. The molecule has 6 heteroatoms. The van der Waals surface area contributed by atoms with Crippen LogP contribution < -0.4 is 16.4 Å². The van der Waals surface area contributed by atoms with Crippen molar-refractivity contribution < 1.29 is 13.9 Å². The summed E-state index contributed by atoms with van der Waals surface area (Å²) in [5.41, 5.74) is 9.83. The van der Waals surface area contributed by atoms with Crippen molar-refractivity contribution in [1.82, 2.24) is 0 Å². The van der Waals surface area contributed by atoms with E-state index in [9.17, 15) is 9.18 Å². The number of halogens is 1. The van der Waals surface area contributed by atoms with Crippen LogP contribution in [0.15, 0.2) is 36.4 Å². The largest absolute Gasteiger partial charge is 0.450 e. The molecule has 1 aliphatic heterocycles. The molecule has 5 nitrogen and oxygen atoms in total. The highest BCUT2D eigenvalue weighted by molar-refractivity contribution is 5.89. The fraction of sp³-hybridized carbons (Fsp3) is 0.235. The molecule has 1 aliphatic rings. The molecule has 0 bridgehead atoms. The molecule has 1 atom stereocenters. The van der Waals surface area contributed by atoms with Gasteiger partial charge in [-0.1, -0.05) is 12.1 Å². The second-order valence-corrected chi connectivity index (χ2v) is 5.39. The average Bonchev–Trinajstić information content (AvgIpc) is 2.92. The zero-order chi connectivity index (χ0) is 16.4. The summed E-state index contributed by atoms with van der Waals surface area (Å²) in [5, 5.41) is 5.89. The fourth-order valence-corrected chi connectivity index (χ4v) is 2.71. The molecule has 2 aromatic rings. The molecule has 4 N–H and O–H groups in total. The van der Waals surface area contributed by atoms with Gasteiger partial charge in [0.25, 0.3) is 0 Å². The maximum absolute atomic E-state index is 13.3. The quantitative estimate of drug-likeness (QED) is 0.755. The number of fused-ring (bicyclic) bond motifs is 1. The molecule has 1 amide bonds. The first kappa shape index (κ1) is 15.1. The minimum absolute atomic E-state index is 0.0331. The molecule has 3 rings (SSSR count). The third kappa shape index (κ3) is 3.21. The Hall–Kier alpha value is -2.76. The topological polar surface area (TPSA) is 76.4 Å². The lowest BCUT2D eigenvalue weighted by Gasteiger charge is -2.15. The summed E-state index contributed by atoms with van der Waals surface area (Å²) < 4.78 is 18.1. The van der Waals surface area contributed by atoms with Crippen LogP contribution in [0.25, 0.3) is 0 Å². The monoisotopic (exact) mass is 315 g/mol. The highest BCUT2D eigenvalue weighted by Crippen LogP contribution is 2.36. The molecule has 23 heavy (non-hydrogen) atoms. The van der Waals surface area contributed by atoms with Gasteiger partial charge < -0.3 is 15.8 Å². The van der Waals surface area contributed by atoms with Crippen LogP contribution in [0.2, 0.25) is 0 Å². The molecule has 0 saturated heterocycles. The number of rotatable bonds is 3. The normalized spacial score (nSPS) is 15.7. The van der Waals surface area contributed by atoms with Crippen LogP contribution in [-0.4, -0.2) is 12.7 Å². The Morgan fingerprint density at radius 3 is 2.96 bits per heavy atom. The number of hydrogen-bond donors (Lipinski definition) is 3. The highest BCUT2D eigenvalue weighted by atomic mass is 19.1. The zero-order valence-corrected chi connectivity index (χ0v) is 12.7. The van der Waals surface area contributed by atoms with Crippen LogP contribution in [0, 0.1) is 5.82 Å². The van der Waals surface area contributed by atoms with E-state index >= 15 is 0 Å². The first-order valence-electron chi connectivity index (χ1n) is 7.45. The Morgan fingerprint density at radius 2 is 2.22 bits per heavy atom. The van der Waals surface area contributed by atoms with E-state index in [1.807, 2.05) is 12.1 Å². The van der Waals surface area contributed by atoms with Crippen molar-refractivity contribution in [1.29, 1.82) is 0 Å². The Bertz CT molecular complexity index is 749. The molecule has 0 saturated carbocycles. The van der Waals surface area contributed by atoms with E-state index in [0.717, 1.165) is 23.2 Å². The number of amides is 1. The van der Waals surface area contributed by atoms with Gasteiger partial charge in [0.1, 0.15) is 5.82 Å². The predicted molar refractivity (Wildman–Crippen MR) is 88.0 cm³/mol. The van der Waals surface area contributed by atoms with Crippen LogP contribution in [0.4, 0.5) is 26.2 Å². The number of nitrogen functional groups attached to an aromatic ring is 1. The molecular weight excluding hydrogens is 297 g/mol. The molecule has 0 aromatic heterocycles. The summed E-state index contributed by atoms with van der Waals surface area (Å²) >= 11 is 0. The number of carbonyl (C=O) groups excluding carboxylic acids is 1. The lowest BCUT2D eigenvalue weighted by atomic mass is 10.0. The first-order chi connectivity index (χ1) is 11.1. The summed E-state index contributed by atoms with van der Waals surface area (Å²) in [4.78, 5) is 11.4. The maximum atomic E-state index is 13.3. The third-order valence-corrected chi connectivity index (χ3v) is 3.82. The Morgan fingerprint density at radius 1 is 1.39 bits per heavy atom. The Labute approximate surface area is 133 Å². The SMILES string of the molecule is CCOC(=O)Nc1ccc(C2Cc3ccc(F)cc3N2)cc1N. The number of carbonyl (C=O) groups is 1. The van der Waals surface area contributed by atoms with Crippen molar-refractivity contribution in [3.05, 3.63) is 53.3 Å². The summed E-state index contributed by atoms with van der Waals surface area (Å²) in [6.45, 7) is 2.03. The number of ether oxygens (including phenoxy) is 1. The molecule has 2 aromatic carbocycles. The van der Waals surface area contributed by atoms with Gasteiger partial charge in [0.15, 0.2) is 0 Å². The van der Waals surface area contributed by atoms with Gasteiger partial charge in [-0.15, -0.1) is 0 Å². The van der Waals surface area contributed by atoms with Crippen LogP contribution in [0.3, 0.4) is 0 Å². The van der Waals surface area contributed by atoms with Crippen LogP contribution >= 0.6 is 0 Å². The van der Waals surface area contributed by atoms with E-state index in [1.54, 1.807) is 19.1 Å². The standard InChI is InChI=1S/C17H18FN3O2/c1-2-23-17(22)21-14-6-4-10(7-13(14)19)15-8-11-3-5-12(18)9-16(11)20-15/h3-7,9,15,20H,2,8,19H2,1H3,(H,21,22). The molecule has 0 spiro atoms. The Balaban J connectivity index is 1.75. The number of nitrogens with one attached hydrogen (secondary N) is 2. The van der Waals surface area contributed by atoms with Crippen LogP contribution in [0.5, 0.6) is 0 Å². The smallest absolute Gasteiger partial charge is 0.411 e. The van der Waals surface area contributed by atoms with Gasteiger partial charge in [-0.2, -0.15) is 0 Å². The van der Waals surface area contributed by atoms with Gasteiger partial charge in [-0.25, -0.2) is 9.18 Å². The summed E-state index contributed by atoms with van der Waals surface area (Å²) in [6, 6.07) is 10.2. The van der Waals surface area contributed by atoms with E-state index in [2.05, 4.69) is 10.6 Å². The summed E-state index contributed by atoms with van der Waals surface area (Å²) in [5.74, 6) is -0.259. The van der Waals surface area contributed by atoms with E-state index in [0.29, 0.717) is 18.0 Å². The molecule has 0 radical (unpaired) electrons. The van der Waals surface area contributed by atoms with Gasteiger partial charge in [0, 0.05) is 5.69 Å². The van der Waals surface area contributed by atoms with E-state index in [4.69, 9.17) is 10.5 Å². The van der Waals surface area contributed by atoms with Crippen molar-refractivity contribution in [2.45, 2.75) is 19.4 Å². The van der Waals surface area contributed by atoms with Crippen molar-refractivity contribution >= 4 is 23.2 Å². The second kappa shape index (κ2) is 6.16. The molecular formula is C17H18FN3O2. The van der Waals surface area contributed by atoms with Crippen LogP contribution in [-0.2, 0) is 11.2 Å². The summed E-state index contributed by atoms with van der Waals surface area (Å²) in [7, 11) is 0. The molecule has 1 heterocycles. The lowest BCUT2D eigenvalue weighted by Crippen LogP contribution is -2.15. The number of nitrogens with two attached hydrogens (primary N) is 1.